The van der Waals surface area contributed by atoms with Gasteiger partial charge in [-0.25, -0.2) is 4.98 Å². The molecule has 0 aliphatic carbocycles. The Morgan fingerprint density at radius 2 is 2.00 bits per heavy atom. The van der Waals surface area contributed by atoms with Crippen molar-refractivity contribution in [1.29, 1.82) is 0 Å². The minimum atomic E-state index is -0.847. The van der Waals surface area contributed by atoms with Gasteiger partial charge in [0.15, 0.2) is 5.82 Å². The molecule has 1 rings (SSSR count). The minimum absolute atomic E-state index is 0.541. The van der Waals surface area contributed by atoms with E-state index in [1.54, 1.807) is 11.0 Å². The smallest absolute Gasteiger partial charge is 0.182 e. The summed E-state index contributed by atoms with van der Waals surface area (Å²) in [7, 11) is 0. The lowest BCUT2D eigenvalue weighted by Gasteiger charge is -2.20. The van der Waals surface area contributed by atoms with Crippen LogP contribution < -0.4 is 0 Å². The third kappa shape index (κ3) is 1.88. The van der Waals surface area contributed by atoms with Crippen LogP contribution in [-0.2, 0) is 12.1 Å². The molecule has 0 saturated carbocycles. The van der Waals surface area contributed by atoms with Crippen LogP contribution in [0.3, 0.4) is 0 Å². The normalized spacial score (nSPS) is 12.0. The Morgan fingerprint density at radius 1 is 1.38 bits per heavy atom. The Bertz CT molecular complexity index is 266. The lowest BCUT2D eigenvalue weighted by atomic mass is 9.97. The summed E-state index contributed by atoms with van der Waals surface area (Å²) < 4.78 is 1.73. The zero-order chi connectivity index (χ0) is 9.90. The first-order valence-corrected chi connectivity index (χ1v) is 4.78. The molecule has 0 aliphatic heterocycles. The fourth-order valence-corrected chi connectivity index (χ4v) is 1.23. The van der Waals surface area contributed by atoms with E-state index < -0.39 is 5.60 Å². The van der Waals surface area contributed by atoms with Crippen LogP contribution in [0.1, 0.15) is 39.4 Å². The van der Waals surface area contributed by atoms with Gasteiger partial charge < -0.3 is 5.11 Å². The molecule has 13 heavy (non-hydrogen) atoms. The van der Waals surface area contributed by atoms with E-state index in [0.717, 1.165) is 6.54 Å². The number of aliphatic hydroxyl groups is 1. The van der Waals surface area contributed by atoms with Crippen LogP contribution in [0, 0.1) is 0 Å². The second-order valence-electron chi connectivity index (χ2n) is 3.16. The van der Waals surface area contributed by atoms with Gasteiger partial charge in [-0.1, -0.05) is 13.8 Å². The molecular weight excluding hydrogens is 166 g/mol. The van der Waals surface area contributed by atoms with E-state index in [1.807, 2.05) is 20.8 Å². The Hall–Kier alpha value is -0.900. The van der Waals surface area contributed by atoms with E-state index in [9.17, 15) is 5.11 Å². The number of nitrogens with zero attached hydrogens (tertiary/aromatic N) is 3. The maximum atomic E-state index is 10.1. The number of rotatable bonds is 4. The molecule has 74 valence electrons. The summed E-state index contributed by atoms with van der Waals surface area (Å²) in [4.78, 5) is 4.10. The highest BCUT2D eigenvalue weighted by atomic mass is 16.3. The van der Waals surface area contributed by atoms with Gasteiger partial charge in [-0.05, 0) is 19.8 Å². The number of hydrogen-bond donors (Lipinski definition) is 1. The summed E-state index contributed by atoms with van der Waals surface area (Å²) in [6, 6.07) is 0. The molecule has 0 amide bonds. The highest BCUT2D eigenvalue weighted by Gasteiger charge is 2.29. The molecule has 0 bridgehead atoms. The van der Waals surface area contributed by atoms with Crippen molar-refractivity contribution in [3.05, 3.63) is 12.2 Å². The minimum Gasteiger partial charge on any atom is -0.382 e. The average Bonchev–Trinajstić information content (AvgIpc) is 2.65. The molecule has 4 heteroatoms. The van der Waals surface area contributed by atoms with Crippen molar-refractivity contribution < 1.29 is 5.11 Å². The van der Waals surface area contributed by atoms with Gasteiger partial charge in [-0.2, -0.15) is 5.10 Å². The summed E-state index contributed by atoms with van der Waals surface area (Å²) in [6.07, 6.45) is 2.96. The fourth-order valence-electron chi connectivity index (χ4n) is 1.23. The molecule has 0 fully saturated rings. The van der Waals surface area contributed by atoms with Gasteiger partial charge in [0.05, 0.1) is 0 Å². The maximum absolute atomic E-state index is 10.1. The van der Waals surface area contributed by atoms with Gasteiger partial charge in [0, 0.05) is 6.54 Å². The van der Waals surface area contributed by atoms with Crippen molar-refractivity contribution in [3.8, 4) is 0 Å². The van der Waals surface area contributed by atoms with Crippen LogP contribution in [0.4, 0.5) is 0 Å². The zero-order valence-corrected chi connectivity index (χ0v) is 8.49. The second-order valence-corrected chi connectivity index (χ2v) is 3.16. The van der Waals surface area contributed by atoms with Crippen LogP contribution in [0.25, 0.3) is 0 Å². The lowest BCUT2D eigenvalue weighted by Crippen LogP contribution is -2.25. The van der Waals surface area contributed by atoms with E-state index in [0.29, 0.717) is 18.7 Å². The van der Waals surface area contributed by atoms with E-state index in [2.05, 4.69) is 10.1 Å². The molecule has 1 N–H and O–H groups in total. The number of hydrogen-bond acceptors (Lipinski definition) is 3. The first-order valence-electron chi connectivity index (χ1n) is 4.78. The monoisotopic (exact) mass is 183 g/mol. The molecule has 0 aliphatic rings. The van der Waals surface area contributed by atoms with Gasteiger partial charge in [0.1, 0.15) is 11.9 Å². The molecule has 1 aromatic rings. The molecule has 1 heterocycles. The van der Waals surface area contributed by atoms with E-state index in [1.165, 1.54) is 0 Å². The van der Waals surface area contributed by atoms with Crippen molar-refractivity contribution >= 4 is 0 Å². The molecule has 0 unspecified atom stereocenters. The van der Waals surface area contributed by atoms with Crippen LogP contribution in [0.2, 0.25) is 0 Å². The quantitative estimate of drug-likeness (QED) is 0.765. The van der Waals surface area contributed by atoms with E-state index in [-0.39, 0.29) is 0 Å². The van der Waals surface area contributed by atoms with Crippen molar-refractivity contribution in [1.82, 2.24) is 14.8 Å². The van der Waals surface area contributed by atoms with Crippen LogP contribution in [0.5, 0.6) is 0 Å². The third-order valence-electron chi connectivity index (χ3n) is 2.45. The molecule has 0 saturated heterocycles. The summed E-state index contributed by atoms with van der Waals surface area (Å²) in [5.41, 5.74) is -0.847. The fraction of sp³-hybridized carbons (Fsp3) is 0.778. The first kappa shape index (κ1) is 10.2. The largest absolute Gasteiger partial charge is 0.382 e. The van der Waals surface area contributed by atoms with E-state index >= 15 is 0 Å². The molecular formula is C9H17N3O. The molecule has 0 atom stereocenters. The predicted octanol–water partition coefficient (Wildman–Crippen LogP) is 1.31. The van der Waals surface area contributed by atoms with Crippen molar-refractivity contribution in [2.24, 2.45) is 0 Å². The zero-order valence-electron chi connectivity index (χ0n) is 8.49. The van der Waals surface area contributed by atoms with Crippen molar-refractivity contribution in [2.45, 2.75) is 45.8 Å². The van der Waals surface area contributed by atoms with E-state index in [4.69, 9.17) is 0 Å². The van der Waals surface area contributed by atoms with Crippen LogP contribution in [0.15, 0.2) is 6.33 Å². The Morgan fingerprint density at radius 3 is 2.38 bits per heavy atom. The molecule has 4 nitrogen and oxygen atoms in total. The van der Waals surface area contributed by atoms with Crippen LogP contribution >= 0.6 is 0 Å². The Labute approximate surface area is 78.6 Å². The van der Waals surface area contributed by atoms with Gasteiger partial charge >= 0.3 is 0 Å². The second kappa shape index (κ2) is 3.87. The van der Waals surface area contributed by atoms with Gasteiger partial charge in [-0.3, -0.25) is 4.68 Å². The van der Waals surface area contributed by atoms with Gasteiger partial charge in [-0.15, -0.1) is 0 Å². The van der Waals surface area contributed by atoms with Crippen molar-refractivity contribution in [3.63, 3.8) is 0 Å². The topological polar surface area (TPSA) is 50.9 Å². The lowest BCUT2D eigenvalue weighted by molar-refractivity contribution is 0.0192. The molecule has 1 aromatic heterocycles. The average molecular weight is 183 g/mol. The maximum Gasteiger partial charge on any atom is 0.182 e. The highest BCUT2D eigenvalue weighted by Crippen LogP contribution is 2.24. The summed E-state index contributed by atoms with van der Waals surface area (Å²) in [6.45, 7) is 6.66. The molecule has 0 spiro atoms. The first-order chi connectivity index (χ1) is 6.16. The molecule has 0 radical (unpaired) electrons. The third-order valence-corrected chi connectivity index (χ3v) is 2.45. The van der Waals surface area contributed by atoms with Gasteiger partial charge in [0.2, 0.25) is 0 Å². The Balaban J connectivity index is 2.91. The highest BCUT2D eigenvalue weighted by molar-refractivity contribution is 4.98. The standard InChI is InChI=1S/C9H17N3O/c1-4-9(13,5-2)8-10-7-12(6-3)11-8/h7,13H,4-6H2,1-3H3. The Kier molecular flexibility index (Phi) is 3.03. The van der Waals surface area contributed by atoms with Crippen LogP contribution in [-0.4, -0.2) is 19.9 Å². The summed E-state index contributed by atoms with van der Waals surface area (Å²) in [5.74, 6) is 0.541. The molecule has 0 aromatic carbocycles. The number of aromatic nitrogens is 3. The van der Waals surface area contributed by atoms with Crippen molar-refractivity contribution in [2.75, 3.05) is 0 Å². The predicted molar refractivity (Wildman–Crippen MR) is 50.2 cm³/mol. The summed E-state index contributed by atoms with van der Waals surface area (Å²) in [5, 5.41) is 14.3. The van der Waals surface area contributed by atoms with Gasteiger partial charge in [0.25, 0.3) is 0 Å². The summed E-state index contributed by atoms with van der Waals surface area (Å²) >= 11 is 0. The SMILES string of the molecule is CCn1cnc(C(O)(CC)CC)n1. The number of aryl methyl sites for hydroxylation is 1.